The Balaban J connectivity index is 1.57. The zero-order valence-electron chi connectivity index (χ0n) is 12.3. The lowest BCUT2D eigenvalue weighted by Crippen LogP contribution is -2.36. The molecule has 2 aliphatic rings. The molecular weight excluding hydrogens is 318 g/mol. The second kappa shape index (κ2) is 6.91. The van der Waals surface area contributed by atoms with E-state index in [-0.39, 0.29) is 11.8 Å². The summed E-state index contributed by atoms with van der Waals surface area (Å²) in [5.41, 5.74) is 0. The van der Waals surface area contributed by atoms with Crippen molar-refractivity contribution in [3.05, 3.63) is 12.7 Å². The summed E-state index contributed by atoms with van der Waals surface area (Å²) in [7, 11) is 0. The molecule has 2 saturated carbocycles. The van der Waals surface area contributed by atoms with Crippen molar-refractivity contribution in [1.29, 1.82) is 0 Å². The number of carbonyl (C=O) groups excluding carboxylic acids is 2. The number of hydrogen-bond acceptors (Lipinski definition) is 6. The van der Waals surface area contributed by atoms with Crippen LogP contribution in [0, 0.1) is 17.8 Å². The molecule has 0 radical (unpaired) electrons. The third kappa shape index (κ3) is 3.76. The molecule has 2 bridgehead atoms. The first kappa shape index (κ1) is 15.7. The Labute approximate surface area is 138 Å². The number of aromatic nitrogens is 2. The van der Waals surface area contributed by atoms with Gasteiger partial charge in [0.15, 0.2) is 4.34 Å². The van der Waals surface area contributed by atoms with E-state index in [0.29, 0.717) is 35.6 Å². The summed E-state index contributed by atoms with van der Waals surface area (Å²) in [4.78, 5) is 24.0. The number of ketones is 1. The van der Waals surface area contributed by atoms with Crippen LogP contribution < -0.4 is 5.32 Å². The molecule has 3 rings (SSSR count). The van der Waals surface area contributed by atoms with Crippen LogP contribution in [0.15, 0.2) is 17.0 Å². The molecule has 22 heavy (non-hydrogen) atoms. The lowest BCUT2D eigenvalue weighted by molar-refractivity contribution is -0.129. The largest absolute Gasteiger partial charge is 0.300 e. The molecule has 2 aliphatic carbocycles. The van der Waals surface area contributed by atoms with Crippen molar-refractivity contribution in [2.75, 3.05) is 11.1 Å². The Morgan fingerprint density at radius 3 is 2.73 bits per heavy atom. The van der Waals surface area contributed by atoms with Gasteiger partial charge in [0.1, 0.15) is 5.78 Å². The highest BCUT2D eigenvalue weighted by Gasteiger charge is 2.38. The molecule has 0 spiro atoms. The average Bonchev–Trinajstić information content (AvgIpc) is 2.91. The molecule has 1 N–H and O–H groups in total. The average molecular weight is 337 g/mol. The third-order valence-corrected chi connectivity index (χ3v) is 6.23. The minimum Gasteiger partial charge on any atom is -0.300 e. The maximum atomic E-state index is 12.4. The molecule has 1 aromatic rings. The number of carbonyl (C=O) groups is 2. The molecule has 1 aromatic heterocycles. The number of nitrogens with zero attached hydrogens (tertiary/aromatic N) is 2. The molecule has 5 nitrogen and oxygen atoms in total. The van der Waals surface area contributed by atoms with Gasteiger partial charge in [-0.25, -0.2) is 0 Å². The number of Topliss-reactive ketones (excluding diaryl/α,β-unsaturated/α-hetero) is 1. The molecule has 1 heterocycles. The normalized spacial score (nSPS) is 27.5. The topological polar surface area (TPSA) is 72.0 Å². The monoisotopic (exact) mass is 337 g/mol. The van der Waals surface area contributed by atoms with Gasteiger partial charge in [-0.15, -0.1) is 16.8 Å². The standard InChI is InChI=1S/C15H19N3O2S2/c1-2-3-21-15-18-17-14(22-15)16-13(20)11-5-9-4-10(6-11)8-12(19)7-9/h2,9-11H,1,3-8H2,(H,16,17,20). The number of nitrogens with one attached hydrogen (secondary N) is 1. The summed E-state index contributed by atoms with van der Waals surface area (Å²) >= 11 is 2.95. The molecule has 2 atom stereocenters. The first-order chi connectivity index (χ1) is 10.6. The Morgan fingerprint density at radius 1 is 1.32 bits per heavy atom. The Hall–Kier alpha value is -1.21. The predicted octanol–water partition coefficient (Wildman–Crippen LogP) is 3.15. The van der Waals surface area contributed by atoms with Crippen molar-refractivity contribution in [3.8, 4) is 0 Å². The number of rotatable bonds is 5. The van der Waals surface area contributed by atoms with Gasteiger partial charge in [-0.3, -0.25) is 9.59 Å². The van der Waals surface area contributed by atoms with Crippen LogP contribution in [0.25, 0.3) is 0 Å². The van der Waals surface area contributed by atoms with E-state index in [9.17, 15) is 9.59 Å². The first-order valence-corrected chi connectivity index (χ1v) is 9.34. The van der Waals surface area contributed by atoms with Crippen LogP contribution in [0.2, 0.25) is 0 Å². The number of amides is 1. The van der Waals surface area contributed by atoms with Crippen molar-refractivity contribution in [2.24, 2.45) is 17.8 Å². The molecule has 0 saturated heterocycles. The number of anilines is 1. The highest BCUT2D eigenvalue weighted by molar-refractivity contribution is 8.01. The maximum Gasteiger partial charge on any atom is 0.229 e. The summed E-state index contributed by atoms with van der Waals surface area (Å²) in [6.07, 6.45) is 5.88. The molecular formula is C15H19N3O2S2. The van der Waals surface area contributed by atoms with Gasteiger partial charge in [-0.1, -0.05) is 29.2 Å². The molecule has 0 aliphatic heterocycles. The number of hydrogen-bond donors (Lipinski definition) is 1. The summed E-state index contributed by atoms with van der Waals surface area (Å²) in [6.45, 7) is 3.67. The quantitative estimate of drug-likeness (QED) is 0.508. The van der Waals surface area contributed by atoms with Gasteiger partial charge in [0.25, 0.3) is 0 Å². The van der Waals surface area contributed by atoms with Gasteiger partial charge in [-0.05, 0) is 31.1 Å². The maximum absolute atomic E-state index is 12.4. The Morgan fingerprint density at radius 2 is 2.05 bits per heavy atom. The van der Waals surface area contributed by atoms with Crippen LogP contribution in [-0.4, -0.2) is 27.6 Å². The Kier molecular flexibility index (Phi) is 4.93. The predicted molar refractivity (Wildman–Crippen MR) is 88.0 cm³/mol. The summed E-state index contributed by atoms with van der Waals surface area (Å²) < 4.78 is 0.835. The van der Waals surface area contributed by atoms with Crippen molar-refractivity contribution < 1.29 is 9.59 Å². The van der Waals surface area contributed by atoms with E-state index >= 15 is 0 Å². The van der Waals surface area contributed by atoms with Gasteiger partial charge in [0.05, 0.1) is 0 Å². The number of thioether (sulfide) groups is 1. The number of fused-ring (bicyclic) bond motifs is 2. The first-order valence-electron chi connectivity index (χ1n) is 7.53. The van der Waals surface area contributed by atoms with Gasteiger partial charge in [0, 0.05) is 24.5 Å². The van der Waals surface area contributed by atoms with Gasteiger partial charge in [0.2, 0.25) is 11.0 Å². The zero-order valence-corrected chi connectivity index (χ0v) is 13.9. The fraction of sp³-hybridized carbons (Fsp3) is 0.600. The van der Waals surface area contributed by atoms with E-state index in [0.717, 1.165) is 29.4 Å². The minimum absolute atomic E-state index is 0.00466. The SMILES string of the molecule is C=CCSc1nnc(NC(=O)C2CC3CC(=O)CC(C3)C2)s1. The lowest BCUT2D eigenvalue weighted by atomic mass is 9.67. The molecule has 2 unspecified atom stereocenters. The van der Waals surface area contributed by atoms with E-state index in [2.05, 4.69) is 22.1 Å². The fourth-order valence-electron chi connectivity index (χ4n) is 3.50. The zero-order chi connectivity index (χ0) is 15.5. The van der Waals surface area contributed by atoms with Gasteiger partial charge >= 0.3 is 0 Å². The van der Waals surface area contributed by atoms with Crippen molar-refractivity contribution >= 4 is 39.9 Å². The van der Waals surface area contributed by atoms with Crippen molar-refractivity contribution in [2.45, 2.75) is 36.4 Å². The highest BCUT2D eigenvalue weighted by atomic mass is 32.2. The van der Waals surface area contributed by atoms with Crippen molar-refractivity contribution in [1.82, 2.24) is 10.2 Å². The van der Waals surface area contributed by atoms with Crippen LogP contribution >= 0.6 is 23.1 Å². The fourth-order valence-corrected chi connectivity index (χ4v) is 5.01. The molecule has 118 valence electrons. The van der Waals surface area contributed by atoms with Crippen LogP contribution in [0.3, 0.4) is 0 Å². The van der Waals surface area contributed by atoms with Gasteiger partial charge in [-0.2, -0.15) is 0 Å². The summed E-state index contributed by atoms with van der Waals surface area (Å²) in [5.74, 6) is 1.97. The second-order valence-corrected chi connectivity index (χ2v) is 8.29. The molecule has 0 aromatic carbocycles. The van der Waals surface area contributed by atoms with E-state index < -0.39 is 0 Å². The van der Waals surface area contributed by atoms with E-state index in [4.69, 9.17) is 0 Å². The van der Waals surface area contributed by atoms with E-state index in [1.54, 1.807) is 11.8 Å². The molecule has 2 fully saturated rings. The lowest BCUT2D eigenvalue weighted by Gasteiger charge is -2.37. The Bertz CT molecular complexity index is 571. The third-order valence-electron chi connectivity index (χ3n) is 4.27. The second-order valence-electron chi connectivity index (χ2n) is 6.05. The van der Waals surface area contributed by atoms with Crippen LogP contribution in [0.5, 0.6) is 0 Å². The minimum atomic E-state index is 0.00466. The molecule has 1 amide bonds. The van der Waals surface area contributed by atoms with E-state index in [1.165, 1.54) is 11.3 Å². The van der Waals surface area contributed by atoms with Crippen LogP contribution in [0.1, 0.15) is 32.1 Å². The molecule has 7 heteroatoms. The van der Waals surface area contributed by atoms with Crippen LogP contribution in [0.4, 0.5) is 5.13 Å². The summed E-state index contributed by atoms with van der Waals surface area (Å²) in [6, 6.07) is 0. The van der Waals surface area contributed by atoms with Gasteiger partial charge < -0.3 is 5.32 Å². The summed E-state index contributed by atoms with van der Waals surface area (Å²) in [5, 5.41) is 11.5. The smallest absolute Gasteiger partial charge is 0.229 e. The van der Waals surface area contributed by atoms with Crippen molar-refractivity contribution in [3.63, 3.8) is 0 Å². The van der Waals surface area contributed by atoms with Crippen LogP contribution in [-0.2, 0) is 9.59 Å². The highest BCUT2D eigenvalue weighted by Crippen LogP contribution is 2.41. The van der Waals surface area contributed by atoms with E-state index in [1.807, 2.05) is 6.08 Å².